The second kappa shape index (κ2) is 11.0. The third-order valence-corrected chi connectivity index (χ3v) is 6.16. The highest BCUT2D eigenvalue weighted by Crippen LogP contribution is 2.25. The van der Waals surface area contributed by atoms with Crippen molar-refractivity contribution in [2.75, 3.05) is 35.7 Å². The van der Waals surface area contributed by atoms with Gasteiger partial charge in [-0.1, -0.05) is 19.9 Å². The Morgan fingerprint density at radius 1 is 1.29 bits per heavy atom. The van der Waals surface area contributed by atoms with E-state index in [1.165, 1.54) is 6.08 Å². The number of nitrogens with one attached hydrogen (secondary N) is 3. The van der Waals surface area contributed by atoms with E-state index in [1.54, 1.807) is 23.2 Å². The first kappa shape index (κ1) is 24.2. The van der Waals surface area contributed by atoms with Crippen molar-refractivity contribution in [1.82, 2.24) is 24.8 Å². The minimum Gasteiger partial charge on any atom is -0.364 e. The molecule has 1 aliphatic heterocycles. The number of anilines is 4. The molecule has 4 rings (SSSR count). The molecule has 0 bridgehead atoms. The van der Waals surface area contributed by atoms with E-state index in [0.717, 1.165) is 43.6 Å². The number of piperidine rings is 1. The number of benzene rings is 1. The number of nitrogens with zero attached hydrogens (tertiary/aromatic N) is 5. The standard InChI is InChI=1S/C25H32N8O2/c1-4-6-9-21(35)32(3)19-12-10-17(11-13-19)29-25-30-23-22(26-16-27-23)24(31-25)28-18-8-7-14-33(15-18)20(34)5-2/h5,10-13,16,18H,2,4,6-9,14-15H2,1,3H3,(H3,26,27,28,29,30,31). The van der Waals surface area contributed by atoms with Crippen LogP contribution < -0.4 is 15.5 Å². The van der Waals surface area contributed by atoms with Crippen LogP contribution in [0.1, 0.15) is 39.0 Å². The molecule has 1 unspecified atom stereocenters. The number of rotatable bonds is 9. The van der Waals surface area contributed by atoms with E-state index in [1.807, 2.05) is 24.3 Å². The van der Waals surface area contributed by atoms with Gasteiger partial charge in [-0.05, 0) is 49.6 Å². The highest BCUT2D eigenvalue weighted by atomic mass is 16.2. The van der Waals surface area contributed by atoms with Crippen molar-refractivity contribution < 1.29 is 9.59 Å². The molecule has 0 saturated carbocycles. The number of hydrogen-bond donors (Lipinski definition) is 3. The van der Waals surface area contributed by atoms with Crippen LogP contribution in [0, 0.1) is 0 Å². The largest absolute Gasteiger partial charge is 0.364 e. The van der Waals surface area contributed by atoms with Crippen LogP contribution in [0.25, 0.3) is 11.2 Å². The summed E-state index contributed by atoms with van der Waals surface area (Å²) in [6.07, 6.45) is 7.18. The molecule has 1 atom stereocenters. The zero-order valence-electron chi connectivity index (χ0n) is 20.3. The summed E-state index contributed by atoms with van der Waals surface area (Å²) in [6, 6.07) is 7.63. The molecule has 35 heavy (non-hydrogen) atoms. The molecular formula is C25H32N8O2. The molecule has 1 saturated heterocycles. The maximum Gasteiger partial charge on any atom is 0.246 e. The van der Waals surface area contributed by atoms with Gasteiger partial charge in [-0.3, -0.25) is 9.59 Å². The molecule has 0 spiro atoms. The fraction of sp³-hybridized carbons (Fsp3) is 0.400. The van der Waals surface area contributed by atoms with E-state index >= 15 is 0 Å². The Balaban J connectivity index is 1.48. The molecule has 2 amide bonds. The number of unbranched alkanes of at least 4 members (excludes halogenated alkanes) is 1. The van der Waals surface area contributed by atoms with Gasteiger partial charge in [0.2, 0.25) is 17.8 Å². The summed E-state index contributed by atoms with van der Waals surface area (Å²) in [6.45, 7) is 6.97. The van der Waals surface area contributed by atoms with Crippen LogP contribution in [-0.2, 0) is 9.59 Å². The number of imidazole rings is 1. The van der Waals surface area contributed by atoms with Crippen molar-refractivity contribution in [3.8, 4) is 0 Å². The molecule has 1 aliphatic rings. The molecule has 1 aromatic carbocycles. The first-order valence-corrected chi connectivity index (χ1v) is 12.0. The molecule has 1 fully saturated rings. The molecular weight excluding hydrogens is 444 g/mol. The van der Waals surface area contributed by atoms with E-state index in [0.29, 0.717) is 35.9 Å². The number of carbonyl (C=O) groups is 2. The van der Waals surface area contributed by atoms with Crippen molar-refractivity contribution in [2.24, 2.45) is 0 Å². The van der Waals surface area contributed by atoms with Gasteiger partial charge >= 0.3 is 0 Å². The molecule has 184 valence electrons. The van der Waals surface area contributed by atoms with Crippen molar-refractivity contribution in [2.45, 2.75) is 45.1 Å². The number of aromatic nitrogens is 4. The molecule has 3 N–H and O–H groups in total. The molecule has 10 heteroatoms. The molecule has 3 aromatic rings. The Morgan fingerprint density at radius 2 is 2.09 bits per heavy atom. The van der Waals surface area contributed by atoms with Crippen LogP contribution in [0.5, 0.6) is 0 Å². The summed E-state index contributed by atoms with van der Waals surface area (Å²) < 4.78 is 0. The molecule has 0 radical (unpaired) electrons. The van der Waals surface area contributed by atoms with Gasteiger partial charge in [-0.25, -0.2) is 4.98 Å². The van der Waals surface area contributed by atoms with Crippen molar-refractivity contribution in [3.63, 3.8) is 0 Å². The topological polar surface area (TPSA) is 119 Å². The SMILES string of the molecule is C=CC(=O)N1CCCC(Nc2nc(Nc3ccc(N(C)C(=O)CCCC)cc3)nc3[nH]cnc23)C1. The van der Waals surface area contributed by atoms with E-state index in [2.05, 4.69) is 44.1 Å². The molecule has 3 heterocycles. The second-order valence-corrected chi connectivity index (χ2v) is 8.70. The van der Waals surface area contributed by atoms with Crippen molar-refractivity contribution in [1.29, 1.82) is 0 Å². The fourth-order valence-electron chi connectivity index (χ4n) is 4.15. The van der Waals surface area contributed by atoms with Gasteiger partial charge in [0.25, 0.3) is 0 Å². The van der Waals surface area contributed by atoms with Crippen LogP contribution in [0.3, 0.4) is 0 Å². The van der Waals surface area contributed by atoms with E-state index in [9.17, 15) is 9.59 Å². The van der Waals surface area contributed by atoms with E-state index < -0.39 is 0 Å². The van der Waals surface area contributed by atoms with Crippen molar-refractivity contribution in [3.05, 3.63) is 43.2 Å². The van der Waals surface area contributed by atoms with Gasteiger partial charge in [0, 0.05) is 44.0 Å². The Kier molecular flexibility index (Phi) is 7.59. The minimum atomic E-state index is -0.0624. The monoisotopic (exact) mass is 476 g/mol. The average molecular weight is 477 g/mol. The Morgan fingerprint density at radius 3 is 2.83 bits per heavy atom. The number of hydrogen-bond acceptors (Lipinski definition) is 7. The molecule has 2 aromatic heterocycles. The summed E-state index contributed by atoms with van der Waals surface area (Å²) in [5.74, 6) is 1.06. The predicted molar refractivity (Wildman–Crippen MR) is 138 cm³/mol. The minimum absolute atomic E-state index is 0.0513. The zero-order valence-corrected chi connectivity index (χ0v) is 20.3. The van der Waals surface area contributed by atoms with Gasteiger partial charge in [0.1, 0.15) is 5.52 Å². The zero-order chi connectivity index (χ0) is 24.8. The Bertz CT molecular complexity index is 1190. The quantitative estimate of drug-likeness (QED) is 0.402. The van der Waals surface area contributed by atoms with Crippen LogP contribution in [0.4, 0.5) is 23.1 Å². The number of H-pyrrole nitrogens is 1. The number of aromatic amines is 1. The van der Waals surface area contributed by atoms with Gasteiger partial charge in [0.05, 0.1) is 6.33 Å². The second-order valence-electron chi connectivity index (χ2n) is 8.70. The predicted octanol–water partition coefficient (Wildman–Crippen LogP) is 3.84. The van der Waals surface area contributed by atoms with Gasteiger partial charge < -0.3 is 25.4 Å². The number of likely N-dealkylation sites (tertiary alicyclic amines) is 1. The first-order chi connectivity index (χ1) is 17.0. The molecule has 10 nitrogen and oxygen atoms in total. The van der Waals surface area contributed by atoms with Crippen molar-refractivity contribution >= 4 is 46.1 Å². The molecule has 0 aliphatic carbocycles. The van der Waals surface area contributed by atoms with Crippen LogP contribution >= 0.6 is 0 Å². The highest BCUT2D eigenvalue weighted by Gasteiger charge is 2.24. The average Bonchev–Trinajstić information content (AvgIpc) is 3.36. The van der Waals surface area contributed by atoms with Crippen LogP contribution in [0.15, 0.2) is 43.2 Å². The third-order valence-electron chi connectivity index (χ3n) is 6.16. The number of fused-ring (bicyclic) bond motifs is 1. The smallest absolute Gasteiger partial charge is 0.246 e. The Hall–Kier alpha value is -3.95. The van der Waals surface area contributed by atoms with Crippen LogP contribution in [-0.4, -0.2) is 62.8 Å². The summed E-state index contributed by atoms with van der Waals surface area (Å²) in [7, 11) is 1.79. The Labute approximate surface area is 204 Å². The number of amides is 2. The summed E-state index contributed by atoms with van der Waals surface area (Å²) in [5.41, 5.74) is 2.89. The van der Waals surface area contributed by atoms with Gasteiger partial charge in [-0.2, -0.15) is 9.97 Å². The number of carbonyl (C=O) groups excluding carboxylic acids is 2. The van der Waals surface area contributed by atoms with E-state index in [-0.39, 0.29) is 17.9 Å². The van der Waals surface area contributed by atoms with E-state index in [4.69, 9.17) is 0 Å². The maximum absolute atomic E-state index is 12.3. The summed E-state index contributed by atoms with van der Waals surface area (Å²) in [4.78, 5) is 44.4. The van der Waals surface area contributed by atoms with Crippen LogP contribution in [0.2, 0.25) is 0 Å². The third kappa shape index (κ3) is 5.76. The lowest BCUT2D eigenvalue weighted by Gasteiger charge is -2.32. The lowest BCUT2D eigenvalue weighted by atomic mass is 10.1. The van der Waals surface area contributed by atoms with Gasteiger partial charge in [-0.15, -0.1) is 0 Å². The highest BCUT2D eigenvalue weighted by molar-refractivity contribution is 5.93. The summed E-state index contributed by atoms with van der Waals surface area (Å²) in [5, 5.41) is 6.69. The van der Waals surface area contributed by atoms with Gasteiger partial charge in [0.15, 0.2) is 11.5 Å². The first-order valence-electron chi connectivity index (χ1n) is 12.0. The normalized spacial score (nSPS) is 15.6. The summed E-state index contributed by atoms with van der Waals surface area (Å²) >= 11 is 0. The lowest BCUT2D eigenvalue weighted by Crippen LogP contribution is -2.44. The lowest BCUT2D eigenvalue weighted by molar-refractivity contribution is -0.127. The maximum atomic E-state index is 12.3. The fourth-order valence-corrected chi connectivity index (χ4v) is 4.15.